The van der Waals surface area contributed by atoms with Crippen molar-refractivity contribution in [1.82, 2.24) is 9.78 Å². The van der Waals surface area contributed by atoms with E-state index in [4.69, 9.17) is 0 Å². The molecule has 0 aliphatic rings. The van der Waals surface area contributed by atoms with Gasteiger partial charge >= 0.3 is 5.97 Å². The fourth-order valence-corrected chi connectivity index (χ4v) is 2.39. The first-order valence-corrected chi connectivity index (χ1v) is 7.46. The summed E-state index contributed by atoms with van der Waals surface area (Å²) in [6, 6.07) is 4.78. The summed E-state index contributed by atoms with van der Waals surface area (Å²) < 4.78 is 20.5. The number of ether oxygens (including phenoxy) is 1. The maximum absolute atomic E-state index is 14.2. The molecule has 0 spiro atoms. The molecule has 23 heavy (non-hydrogen) atoms. The van der Waals surface area contributed by atoms with Crippen LogP contribution in [0.3, 0.4) is 0 Å². The number of aromatic nitrogens is 2. The summed E-state index contributed by atoms with van der Waals surface area (Å²) in [6.45, 7) is 6.74. The second kappa shape index (κ2) is 6.10. The van der Waals surface area contributed by atoms with Crippen molar-refractivity contribution in [1.29, 1.82) is 0 Å². The number of hydrogen-bond donors (Lipinski definition) is 0. The van der Waals surface area contributed by atoms with E-state index in [2.05, 4.69) is 9.84 Å². The average Bonchev–Trinajstić information content (AvgIpc) is 2.48. The highest BCUT2D eigenvalue weighted by Gasteiger charge is 2.22. The summed E-state index contributed by atoms with van der Waals surface area (Å²) >= 11 is 0. The zero-order valence-electron chi connectivity index (χ0n) is 14.0. The summed E-state index contributed by atoms with van der Waals surface area (Å²) in [7, 11) is 1.26. The van der Waals surface area contributed by atoms with Gasteiger partial charge in [-0.1, -0.05) is 6.07 Å². The van der Waals surface area contributed by atoms with Gasteiger partial charge in [0.1, 0.15) is 11.4 Å². The number of carbonyl (C=O) groups excluding carboxylic acids is 1. The molecule has 1 heterocycles. The smallest absolute Gasteiger partial charge is 0.311 e. The molecule has 1 aromatic carbocycles. The topological polar surface area (TPSA) is 61.2 Å². The van der Waals surface area contributed by atoms with Gasteiger partial charge < -0.3 is 4.74 Å². The van der Waals surface area contributed by atoms with Crippen LogP contribution >= 0.6 is 0 Å². The van der Waals surface area contributed by atoms with Gasteiger partial charge in [0.05, 0.1) is 19.0 Å². The van der Waals surface area contributed by atoms with Crippen LogP contribution in [-0.2, 0) is 21.6 Å². The van der Waals surface area contributed by atoms with Crippen molar-refractivity contribution in [3.63, 3.8) is 0 Å². The van der Waals surface area contributed by atoms with Crippen LogP contribution in [0.15, 0.2) is 23.0 Å². The van der Waals surface area contributed by atoms with E-state index in [0.29, 0.717) is 16.5 Å². The molecule has 0 unspecified atom stereocenters. The summed E-state index contributed by atoms with van der Waals surface area (Å²) in [6.07, 6.45) is -0.186. The third-order valence-electron chi connectivity index (χ3n) is 3.69. The first-order chi connectivity index (χ1) is 10.6. The zero-order valence-corrected chi connectivity index (χ0v) is 14.0. The lowest BCUT2D eigenvalue weighted by Gasteiger charge is -2.19. The molecule has 0 aliphatic carbocycles. The fraction of sp³-hybridized carbons (Fsp3) is 0.471. The highest BCUT2D eigenvalue weighted by molar-refractivity contribution is 5.81. The van der Waals surface area contributed by atoms with E-state index in [1.807, 2.05) is 13.8 Å². The Balaban J connectivity index is 2.75. The monoisotopic (exact) mass is 320 g/mol. The van der Waals surface area contributed by atoms with E-state index >= 15 is 0 Å². The Hall–Kier alpha value is -2.24. The van der Waals surface area contributed by atoms with E-state index in [9.17, 15) is 14.0 Å². The highest BCUT2D eigenvalue weighted by Crippen LogP contribution is 2.27. The summed E-state index contributed by atoms with van der Waals surface area (Å²) in [5.41, 5.74) is -0.685. The number of nitrogens with zero attached hydrogens (tertiary/aromatic N) is 2. The van der Waals surface area contributed by atoms with E-state index in [0.717, 1.165) is 0 Å². The molecule has 0 saturated heterocycles. The maximum atomic E-state index is 14.2. The predicted molar refractivity (Wildman–Crippen MR) is 86.2 cm³/mol. The van der Waals surface area contributed by atoms with Crippen molar-refractivity contribution in [2.75, 3.05) is 7.11 Å². The van der Waals surface area contributed by atoms with Gasteiger partial charge in [-0.2, -0.15) is 5.10 Å². The molecule has 0 saturated carbocycles. The summed E-state index contributed by atoms with van der Waals surface area (Å²) in [5.74, 6) is -0.522. The van der Waals surface area contributed by atoms with Crippen LogP contribution in [0, 0.1) is 0 Å². The second-order valence-electron chi connectivity index (χ2n) is 6.27. The largest absolute Gasteiger partial charge is 0.469 e. The number of benzene rings is 1. The number of esters is 1. The van der Waals surface area contributed by atoms with E-state index in [1.165, 1.54) is 21.0 Å². The standard InChI is InChI=1S/C17H21FN2O3/c1-10(2)20-14-8-11(17(3,4)18)6-7-12(14)16(22)13(19-20)9-15(21)23-5/h6-8,10H,9H2,1-5H3. The Morgan fingerprint density at radius 1 is 1.39 bits per heavy atom. The number of carbonyl (C=O) groups is 1. The van der Waals surface area contributed by atoms with Gasteiger partial charge in [0.15, 0.2) is 0 Å². The van der Waals surface area contributed by atoms with Crippen LogP contribution in [0.25, 0.3) is 10.9 Å². The Morgan fingerprint density at radius 2 is 2.04 bits per heavy atom. The van der Waals surface area contributed by atoms with Crippen molar-refractivity contribution in [3.8, 4) is 0 Å². The Labute approximate surface area is 134 Å². The van der Waals surface area contributed by atoms with E-state index < -0.39 is 11.6 Å². The summed E-state index contributed by atoms with van der Waals surface area (Å²) in [5, 5.41) is 4.71. The molecule has 0 fully saturated rings. The van der Waals surface area contributed by atoms with Crippen LogP contribution in [0.1, 0.15) is 45.0 Å². The number of hydrogen-bond acceptors (Lipinski definition) is 4. The minimum atomic E-state index is -1.52. The van der Waals surface area contributed by atoms with Gasteiger partial charge in [-0.15, -0.1) is 0 Å². The lowest BCUT2D eigenvalue weighted by molar-refractivity contribution is -0.139. The third kappa shape index (κ3) is 3.41. The molecule has 124 valence electrons. The number of alkyl halides is 1. The molecule has 2 aromatic rings. The Bertz CT molecular complexity index is 804. The lowest BCUT2D eigenvalue weighted by atomic mass is 9.98. The van der Waals surface area contributed by atoms with Crippen LogP contribution in [-0.4, -0.2) is 22.9 Å². The molecule has 0 bridgehead atoms. The molecule has 0 atom stereocenters. The number of rotatable bonds is 4. The van der Waals surface area contributed by atoms with Crippen molar-refractivity contribution in [2.24, 2.45) is 0 Å². The molecule has 0 N–H and O–H groups in total. The lowest BCUT2D eigenvalue weighted by Crippen LogP contribution is -2.23. The van der Waals surface area contributed by atoms with Crippen LogP contribution in [0.2, 0.25) is 0 Å². The second-order valence-corrected chi connectivity index (χ2v) is 6.27. The predicted octanol–water partition coefficient (Wildman–Crippen LogP) is 2.90. The molecule has 0 aliphatic heterocycles. The van der Waals surface area contributed by atoms with Crippen molar-refractivity contribution < 1.29 is 13.9 Å². The molecule has 6 heteroatoms. The quantitative estimate of drug-likeness (QED) is 0.813. The molecular weight excluding hydrogens is 299 g/mol. The fourth-order valence-electron chi connectivity index (χ4n) is 2.39. The van der Waals surface area contributed by atoms with Crippen molar-refractivity contribution in [2.45, 2.75) is 45.8 Å². The number of halogens is 1. The molecule has 5 nitrogen and oxygen atoms in total. The van der Waals surface area contributed by atoms with Crippen LogP contribution in [0.5, 0.6) is 0 Å². The molecule has 0 radical (unpaired) electrons. The number of methoxy groups -OCH3 is 1. The minimum absolute atomic E-state index is 0.0486. The molecular formula is C17H21FN2O3. The average molecular weight is 320 g/mol. The van der Waals surface area contributed by atoms with E-state index in [1.54, 1.807) is 22.9 Å². The maximum Gasteiger partial charge on any atom is 0.311 e. The van der Waals surface area contributed by atoms with Crippen LogP contribution in [0.4, 0.5) is 4.39 Å². The van der Waals surface area contributed by atoms with Crippen LogP contribution < -0.4 is 5.43 Å². The summed E-state index contributed by atoms with van der Waals surface area (Å²) in [4.78, 5) is 24.0. The SMILES string of the molecule is COC(=O)Cc1nn(C(C)C)c2cc(C(C)(C)F)ccc2c1=O. The first-order valence-electron chi connectivity index (χ1n) is 7.46. The Kier molecular flexibility index (Phi) is 4.54. The van der Waals surface area contributed by atoms with Gasteiger partial charge in [0, 0.05) is 11.4 Å². The van der Waals surface area contributed by atoms with Gasteiger partial charge in [-0.25, -0.2) is 4.39 Å². The Morgan fingerprint density at radius 3 is 2.57 bits per heavy atom. The van der Waals surface area contributed by atoms with Gasteiger partial charge in [-0.05, 0) is 45.4 Å². The third-order valence-corrected chi connectivity index (χ3v) is 3.69. The van der Waals surface area contributed by atoms with Gasteiger partial charge in [-0.3, -0.25) is 14.3 Å². The zero-order chi connectivity index (χ0) is 17.4. The van der Waals surface area contributed by atoms with Crippen molar-refractivity contribution in [3.05, 3.63) is 39.7 Å². The number of fused-ring (bicyclic) bond motifs is 1. The van der Waals surface area contributed by atoms with Crippen molar-refractivity contribution >= 4 is 16.9 Å². The van der Waals surface area contributed by atoms with E-state index in [-0.39, 0.29) is 23.6 Å². The van der Waals surface area contributed by atoms with Gasteiger partial charge in [0.25, 0.3) is 0 Å². The van der Waals surface area contributed by atoms with Gasteiger partial charge in [0.2, 0.25) is 5.43 Å². The highest BCUT2D eigenvalue weighted by atomic mass is 19.1. The molecule has 0 amide bonds. The molecule has 1 aromatic heterocycles. The normalized spacial score (nSPS) is 12.0. The minimum Gasteiger partial charge on any atom is -0.469 e. The molecule has 2 rings (SSSR count). The first kappa shape index (κ1) is 17.1.